The first-order valence-electron chi connectivity index (χ1n) is 8.38. The quantitative estimate of drug-likeness (QED) is 0.728. The third-order valence-corrected chi connectivity index (χ3v) is 3.21. The summed E-state index contributed by atoms with van der Waals surface area (Å²) in [5, 5.41) is 0.345. The predicted octanol–water partition coefficient (Wildman–Crippen LogP) is 4.63. The molecule has 2 amide bonds. The van der Waals surface area contributed by atoms with E-state index in [0.717, 1.165) is 6.20 Å². The molecule has 1 aromatic heterocycles. The van der Waals surface area contributed by atoms with Crippen molar-refractivity contribution in [3.05, 3.63) is 30.2 Å². The average molecular weight is 377 g/mol. The lowest BCUT2D eigenvalue weighted by molar-refractivity contribution is 0.0429. The lowest BCUT2D eigenvalue weighted by Crippen LogP contribution is -2.44. The number of carbonyl (C=O) groups excluding carboxylic acids is 2. The lowest BCUT2D eigenvalue weighted by atomic mass is 10.1. The summed E-state index contributed by atoms with van der Waals surface area (Å²) >= 11 is 0. The van der Waals surface area contributed by atoms with Gasteiger partial charge in [0.1, 0.15) is 17.0 Å². The molecule has 0 bridgehead atoms. The van der Waals surface area contributed by atoms with Crippen LogP contribution in [0.5, 0.6) is 0 Å². The van der Waals surface area contributed by atoms with Crippen LogP contribution in [0.1, 0.15) is 41.5 Å². The number of benzene rings is 1. The van der Waals surface area contributed by atoms with E-state index in [0.29, 0.717) is 10.6 Å². The van der Waals surface area contributed by atoms with Crippen LogP contribution in [0, 0.1) is 5.82 Å². The van der Waals surface area contributed by atoms with E-state index < -0.39 is 29.2 Å². The van der Waals surface area contributed by atoms with Crippen molar-refractivity contribution in [3.8, 4) is 0 Å². The first kappa shape index (κ1) is 20.4. The molecule has 0 unspecified atom stereocenters. The molecule has 0 atom stereocenters. The fourth-order valence-electron chi connectivity index (χ4n) is 2.25. The third kappa shape index (κ3) is 5.06. The first-order chi connectivity index (χ1) is 12.3. The summed E-state index contributed by atoms with van der Waals surface area (Å²) in [6, 6.07) is 4.41. The number of nitrogens with zero attached hydrogens (tertiary/aromatic N) is 2. The maximum Gasteiger partial charge on any atom is 0.425 e. The Balaban J connectivity index is 2.63. The number of rotatable bonds is 1. The molecule has 146 valence electrons. The summed E-state index contributed by atoms with van der Waals surface area (Å²) in [6.07, 6.45) is -1.04. The van der Waals surface area contributed by atoms with Crippen molar-refractivity contribution in [2.45, 2.75) is 52.7 Å². The van der Waals surface area contributed by atoms with Crippen molar-refractivity contribution in [1.82, 2.24) is 4.98 Å². The van der Waals surface area contributed by atoms with Crippen LogP contribution in [0.25, 0.3) is 10.8 Å². The van der Waals surface area contributed by atoms with Gasteiger partial charge >= 0.3 is 12.2 Å². The highest BCUT2D eigenvalue weighted by atomic mass is 19.1. The summed E-state index contributed by atoms with van der Waals surface area (Å²) in [6.45, 7) is 9.97. The van der Waals surface area contributed by atoms with E-state index in [2.05, 4.69) is 4.98 Å². The van der Waals surface area contributed by atoms with Crippen molar-refractivity contribution < 1.29 is 23.5 Å². The number of amides is 2. The van der Waals surface area contributed by atoms with E-state index in [1.165, 1.54) is 18.2 Å². The van der Waals surface area contributed by atoms with E-state index in [1.54, 1.807) is 41.5 Å². The molecule has 0 saturated carbocycles. The van der Waals surface area contributed by atoms with Gasteiger partial charge in [0.2, 0.25) is 0 Å². The number of fused-ring (bicyclic) bond motifs is 1. The molecule has 1 aromatic carbocycles. The van der Waals surface area contributed by atoms with Gasteiger partial charge in [0.05, 0.1) is 6.20 Å². The molecule has 0 fully saturated rings. The van der Waals surface area contributed by atoms with Crippen LogP contribution >= 0.6 is 0 Å². The number of carbonyl (C=O) groups is 2. The number of hydrogen-bond donors (Lipinski definition) is 1. The average Bonchev–Trinajstić information content (AvgIpc) is 2.46. The first-order valence-corrected chi connectivity index (χ1v) is 8.38. The van der Waals surface area contributed by atoms with Crippen LogP contribution in [0.15, 0.2) is 24.4 Å². The number of pyridine rings is 1. The molecule has 0 aliphatic rings. The molecule has 2 N–H and O–H groups in total. The van der Waals surface area contributed by atoms with Crippen LogP contribution in [0.3, 0.4) is 0 Å². The van der Waals surface area contributed by atoms with Gasteiger partial charge in [0.25, 0.3) is 0 Å². The SMILES string of the molecule is CC(C)(C)OC(=O)N(C(=O)OC(C)(C)C)c1ncc(F)c2cc(N)ccc12. The van der Waals surface area contributed by atoms with E-state index >= 15 is 0 Å². The second-order valence-electron chi connectivity index (χ2n) is 8.03. The molecule has 0 aliphatic heterocycles. The Morgan fingerprint density at radius 2 is 1.52 bits per heavy atom. The van der Waals surface area contributed by atoms with E-state index in [-0.39, 0.29) is 16.6 Å². The van der Waals surface area contributed by atoms with Crippen LogP contribution in [-0.2, 0) is 9.47 Å². The van der Waals surface area contributed by atoms with E-state index in [1.807, 2.05) is 0 Å². The zero-order valence-corrected chi connectivity index (χ0v) is 16.3. The summed E-state index contributed by atoms with van der Waals surface area (Å²) in [5.74, 6) is -0.732. The smallest absolute Gasteiger partial charge is 0.425 e. The van der Waals surface area contributed by atoms with Crippen molar-refractivity contribution in [2.75, 3.05) is 10.6 Å². The lowest BCUT2D eigenvalue weighted by Gasteiger charge is -2.28. The Bertz CT molecular complexity index is 857. The standard InChI is InChI=1S/C19H24FN3O4/c1-18(2,3)26-16(24)23(17(25)27-19(4,5)6)15-12-8-7-11(21)9-13(12)14(20)10-22-15/h7-10H,21H2,1-6H3. The van der Waals surface area contributed by atoms with Crippen LogP contribution < -0.4 is 10.6 Å². The predicted molar refractivity (Wildman–Crippen MR) is 101 cm³/mol. The molecule has 1 heterocycles. The number of ether oxygens (including phenoxy) is 2. The van der Waals surface area contributed by atoms with Gasteiger partial charge in [-0.25, -0.2) is 19.0 Å². The topological polar surface area (TPSA) is 94.8 Å². The van der Waals surface area contributed by atoms with Gasteiger partial charge in [0, 0.05) is 16.5 Å². The summed E-state index contributed by atoms with van der Waals surface area (Å²) in [7, 11) is 0. The van der Waals surface area contributed by atoms with E-state index in [4.69, 9.17) is 15.2 Å². The number of imide groups is 1. The van der Waals surface area contributed by atoms with Gasteiger partial charge in [-0.1, -0.05) is 0 Å². The highest BCUT2D eigenvalue weighted by Crippen LogP contribution is 2.30. The van der Waals surface area contributed by atoms with E-state index in [9.17, 15) is 14.0 Å². The molecular weight excluding hydrogens is 353 g/mol. The van der Waals surface area contributed by atoms with Gasteiger partial charge in [0.15, 0.2) is 5.82 Å². The molecule has 7 nitrogen and oxygen atoms in total. The maximum absolute atomic E-state index is 14.2. The highest BCUT2D eigenvalue weighted by Gasteiger charge is 2.34. The van der Waals surface area contributed by atoms with Gasteiger partial charge in [-0.2, -0.15) is 4.90 Å². The molecule has 0 saturated heterocycles. The van der Waals surface area contributed by atoms with Gasteiger partial charge in [-0.05, 0) is 59.7 Å². The van der Waals surface area contributed by atoms with Crippen molar-refractivity contribution in [2.24, 2.45) is 0 Å². The highest BCUT2D eigenvalue weighted by molar-refractivity contribution is 6.14. The molecule has 8 heteroatoms. The van der Waals surface area contributed by atoms with Crippen LogP contribution in [0.4, 0.5) is 25.5 Å². The van der Waals surface area contributed by atoms with Gasteiger partial charge in [-0.3, -0.25) is 0 Å². The number of nitrogens with two attached hydrogens (primary N) is 1. The monoisotopic (exact) mass is 377 g/mol. The minimum Gasteiger partial charge on any atom is -0.443 e. The molecule has 27 heavy (non-hydrogen) atoms. The molecular formula is C19H24FN3O4. The fourth-order valence-corrected chi connectivity index (χ4v) is 2.25. The summed E-state index contributed by atoms with van der Waals surface area (Å²) in [4.78, 5) is 30.1. The molecule has 2 rings (SSSR count). The minimum atomic E-state index is -0.978. The Morgan fingerprint density at radius 1 is 1.00 bits per heavy atom. The minimum absolute atomic E-state index is 0.102. The fraction of sp³-hybridized carbons (Fsp3) is 0.421. The molecule has 0 radical (unpaired) electrons. The van der Waals surface area contributed by atoms with Crippen molar-refractivity contribution >= 4 is 34.5 Å². The van der Waals surface area contributed by atoms with Crippen LogP contribution in [0.2, 0.25) is 0 Å². The molecule has 2 aromatic rings. The number of anilines is 2. The summed E-state index contributed by atoms with van der Waals surface area (Å²) in [5.41, 5.74) is 4.33. The Kier molecular flexibility index (Phi) is 5.30. The maximum atomic E-state index is 14.2. The van der Waals surface area contributed by atoms with Gasteiger partial charge < -0.3 is 15.2 Å². The Morgan fingerprint density at radius 3 is 2.00 bits per heavy atom. The zero-order valence-electron chi connectivity index (χ0n) is 16.3. The molecule has 0 aliphatic carbocycles. The third-order valence-electron chi connectivity index (χ3n) is 3.21. The van der Waals surface area contributed by atoms with Gasteiger partial charge in [-0.15, -0.1) is 0 Å². The second kappa shape index (κ2) is 7.02. The number of halogens is 1. The largest absolute Gasteiger partial charge is 0.443 e. The normalized spacial score (nSPS) is 12.0. The number of hydrogen-bond acceptors (Lipinski definition) is 6. The summed E-state index contributed by atoms with van der Waals surface area (Å²) < 4.78 is 24.8. The Labute approximate surface area is 157 Å². The van der Waals surface area contributed by atoms with Crippen LogP contribution in [-0.4, -0.2) is 28.4 Å². The number of nitrogen functional groups attached to an aromatic ring is 1. The van der Waals surface area contributed by atoms with Crippen molar-refractivity contribution in [1.29, 1.82) is 0 Å². The van der Waals surface area contributed by atoms with Crippen molar-refractivity contribution in [3.63, 3.8) is 0 Å². The Hall–Kier alpha value is -2.90. The molecule has 0 spiro atoms. The number of aromatic nitrogens is 1. The second-order valence-corrected chi connectivity index (χ2v) is 8.03. The zero-order chi connectivity index (χ0) is 20.6.